The molecule has 0 aromatic heterocycles. The number of aryl methyl sites for hydroxylation is 2. The molecule has 0 aliphatic rings. The molecule has 54 valence electrons. The minimum atomic E-state index is -0.225. The van der Waals surface area contributed by atoms with Crippen LogP contribution in [0.3, 0.4) is 0 Å². The smallest absolute Gasteiger partial charge is 0.236 e. The van der Waals surface area contributed by atoms with Crippen molar-refractivity contribution in [2.24, 2.45) is 0 Å². The van der Waals surface area contributed by atoms with Gasteiger partial charge < -0.3 is 0 Å². The Kier molecular flexibility index (Phi) is 5.06. The molecule has 0 amide bonds. The molecule has 0 nitrogen and oxygen atoms in total. The van der Waals surface area contributed by atoms with Crippen LogP contribution in [0, 0.1) is 32.7 Å². The summed E-state index contributed by atoms with van der Waals surface area (Å²) >= 11 is 0. The molecule has 0 bridgehead atoms. The molecule has 1 rings (SSSR count). The van der Waals surface area contributed by atoms with Crippen molar-refractivity contribution < 1.29 is 55.8 Å². The number of hydrogen-bond acceptors (Lipinski definition) is 0. The molecule has 0 saturated heterocycles. The van der Waals surface area contributed by atoms with Gasteiger partial charge in [-0.05, 0) is 0 Å². The van der Waals surface area contributed by atoms with E-state index in [4.69, 9.17) is 0 Å². The molecule has 0 radical (unpaired) electrons. The maximum Gasteiger partial charge on any atom is 1.00 e. The second-order valence-electron chi connectivity index (χ2n) is 2.57. The van der Waals surface area contributed by atoms with Crippen molar-refractivity contribution in [1.82, 2.24) is 0 Å². The molecule has 2 heteroatoms. The van der Waals surface area contributed by atoms with Gasteiger partial charge in [0.1, 0.15) is 0 Å². The molecule has 0 atom stereocenters. The molecular formula is C9H10FK. The van der Waals surface area contributed by atoms with E-state index in [1.54, 1.807) is 6.92 Å². The fraction of sp³-hybridized carbons (Fsp3) is 0.333. The van der Waals surface area contributed by atoms with Crippen molar-refractivity contribution in [1.29, 1.82) is 0 Å². The molecule has 1 aromatic rings. The number of rotatable bonds is 0. The van der Waals surface area contributed by atoms with Crippen molar-refractivity contribution in [2.75, 3.05) is 0 Å². The first-order valence-corrected chi connectivity index (χ1v) is 3.27. The first-order chi connectivity index (χ1) is 4.61. The van der Waals surface area contributed by atoms with Gasteiger partial charge in [-0.3, -0.25) is 0 Å². The van der Waals surface area contributed by atoms with Crippen molar-refractivity contribution in [3.05, 3.63) is 34.6 Å². The second kappa shape index (κ2) is 4.72. The van der Waals surface area contributed by atoms with E-state index >= 15 is 0 Å². The second-order valence-corrected chi connectivity index (χ2v) is 2.57. The summed E-state index contributed by atoms with van der Waals surface area (Å²) in [6.45, 7) is 5.51. The molecule has 0 fully saturated rings. The quantitative estimate of drug-likeness (QED) is 0.371. The van der Waals surface area contributed by atoms with E-state index in [1.807, 2.05) is 19.9 Å². The molecule has 0 heterocycles. The largest absolute Gasteiger partial charge is 1.00 e. The molecule has 0 aliphatic heterocycles. The van der Waals surface area contributed by atoms with Crippen molar-refractivity contribution in [2.45, 2.75) is 20.8 Å². The zero-order valence-corrected chi connectivity index (χ0v) is 10.6. The standard InChI is InChI=1S/C9H10F.K/c1-6-4-7(2)8(3)9(10)5-6;/h4H,1-3H3;/q-1;+1. The molecule has 11 heavy (non-hydrogen) atoms. The molecule has 0 saturated carbocycles. The summed E-state index contributed by atoms with van der Waals surface area (Å²) in [5.74, 6) is -0.225. The van der Waals surface area contributed by atoms with Crippen LogP contribution in [-0.4, -0.2) is 0 Å². The van der Waals surface area contributed by atoms with Gasteiger partial charge in [0.15, 0.2) is 0 Å². The molecule has 0 spiro atoms. The Morgan fingerprint density at radius 2 is 1.82 bits per heavy atom. The first kappa shape index (κ1) is 11.8. The van der Waals surface area contributed by atoms with Crippen molar-refractivity contribution in [3.63, 3.8) is 0 Å². The summed E-state index contributed by atoms with van der Waals surface area (Å²) in [6, 6.07) is 4.54. The maximum atomic E-state index is 12.8. The Morgan fingerprint density at radius 1 is 1.27 bits per heavy atom. The van der Waals surface area contributed by atoms with E-state index in [1.165, 1.54) is 0 Å². The van der Waals surface area contributed by atoms with Gasteiger partial charge in [0.05, 0.1) is 0 Å². The first-order valence-electron chi connectivity index (χ1n) is 3.27. The van der Waals surface area contributed by atoms with Gasteiger partial charge in [-0.1, -0.05) is 20.8 Å². The average molecular weight is 176 g/mol. The fourth-order valence-corrected chi connectivity index (χ4v) is 0.909. The fourth-order valence-electron chi connectivity index (χ4n) is 0.909. The molecule has 0 unspecified atom stereocenters. The molecule has 0 aliphatic carbocycles. The summed E-state index contributed by atoms with van der Waals surface area (Å²) in [5, 5.41) is 0. The van der Waals surface area contributed by atoms with Gasteiger partial charge in [0.2, 0.25) is 0 Å². The topological polar surface area (TPSA) is 0 Å². The predicted molar refractivity (Wildman–Crippen MR) is 39.4 cm³/mol. The van der Waals surface area contributed by atoms with Crippen LogP contribution in [0.15, 0.2) is 6.07 Å². The number of hydrogen-bond donors (Lipinski definition) is 0. The maximum absolute atomic E-state index is 12.8. The minimum Gasteiger partial charge on any atom is -0.236 e. The van der Waals surface area contributed by atoms with Gasteiger partial charge in [-0.2, -0.15) is 17.2 Å². The van der Waals surface area contributed by atoms with E-state index < -0.39 is 0 Å². The van der Waals surface area contributed by atoms with Crippen LogP contribution in [0.25, 0.3) is 0 Å². The third-order valence-electron chi connectivity index (χ3n) is 1.66. The summed E-state index contributed by atoms with van der Waals surface area (Å²) in [6.07, 6.45) is 0. The van der Waals surface area contributed by atoms with Gasteiger partial charge in [0, 0.05) is 5.82 Å². The normalized spacial score (nSPS) is 9.09. The van der Waals surface area contributed by atoms with E-state index in [9.17, 15) is 4.39 Å². The van der Waals surface area contributed by atoms with Crippen molar-refractivity contribution in [3.8, 4) is 0 Å². The van der Waals surface area contributed by atoms with Gasteiger partial charge in [-0.15, -0.1) is 11.6 Å². The van der Waals surface area contributed by atoms with E-state index in [0.717, 1.165) is 11.1 Å². The monoisotopic (exact) mass is 176 g/mol. The Morgan fingerprint density at radius 3 is 2.27 bits per heavy atom. The molecular weight excluding hydrogens is 166 g/mol. The zero-order chi connectivity index (χ0) is 7.72. The van der Waals surface area contributed by atoms with Crippen LogP contribution >= 0.6 is 0 Å². The van der Waals surface area contributed by atoms with E-state index in [0.29, 0.717) is 5.56 Å². The predicted octanol–water partition coefficient (Wildman–Crippen LogP) is -0.445. The summed E-state index contributed by atoms with van der Waals surface area (Å²) in [7, 11) is 0. The number of halogens is 1. The SMILES string of the molecule is Cc1[c-]c(F)c(C)c(C)c1.[K+]. The van der Waals surface area contributed by atoms with Crippen LogP contribution in [0.2, 0.25) is 0 Å². The van der Waals surface area contributed by atoms with E-state index in [-0.39, 0.29) is 57.2 Å². The summed E-state index contributed by atoms with van der Waals surface area (Å²) in [5.41, 5.74) is 2.56. The van der Waals surface area contributed by atoms with Crippen LogP contribution in [-0.2, 0) is 0 Å². The Labute approximate surface area is 110 Å². The Bertz CT molecular complexity index is 233. The summed E-state index contributed by atoms with van der Waals surface area (Å²) in [4.78, 5) is 0. The Hall–Kier alpha value is 0.786. The zero-order valence-electron chi connectivity index (χ0n) is 7.46. The Balaban J connectivity index is 0.000001000. The van der Waals surface area contributed by atoms with Crippen molar-refractivity contribution >= 4 is 0 Å². The average Bonchev–Trinajstić information content (AvgIpc) is 1.82. The van der Waals surface area contributed by atoms with Crippen LogP contribution in [0.5, 0.6) is 0 Å². The van der Waals surface area contributed by atoms with Gasteiger partial charge in [-0.25, -0.2) is 4.39 Å². The minimum absolute atomic E-state index is 0. The van der Waals surface area contributed by atoms with Crippen LogP contribution < -0.4 is 51.4 Å². The van der Waals surface area contributed by atoms with Crippen LogP contribution in [0.1, 0.15) is 16.7 Å². The van der Waals surface area contributed by atoms with Gasteiger partial charge in [0.25, 0.3) is 0 Å². The molecule has 0 N–H and O–H groups in total. The van der Waals surface area contributed by atoms with Gasteiger partial charge >= 0.3 is 51.4 Å². The molecule has 1 aromatic carbocycles. The van der Waals surface area contributed by atoms with E-state index in [2.05, 4.69) is 6.07 Å². The third kappa shape index (κ3) is 2.96. The summed E-state index contributed by atoms with van der Waals surface area (Å²) < 4.78 is 12.8. The number of benzene rings is 1. The third-order valence-corrected chi connectivity index (χ3v) is 1.66. The van der Waals surface area contributed by atoms with Crippen LogP contribution in [0.4, 0.5) is 4.39 Å².